The summed E-state index contributed by atoms with van der Waals surface area (Å²) in [7, 11) is 0. The van der Waals surface area contributed by atoms with E-state index in [1.807, 2.05) is 53.4 Å². The third-order valence-electron chi connectivity index (χ3n) is 5.01. The molecule has 0 spiro atoms. The van der Waals surface area contributed by atoms with Gasteiger partial charge in [0.05, 0.1) is 6.04 Å². The van der Waals surface area contributed by atoms with Crippen molar-refractivity contribution >= 4 is 34.9 Å². The van der Waals surface area contributed by atoms with E-state index in [0.29, 0.717) is 6.54 Å². The molecule has 2 amide bonds. The van der Waals surface area contributed by atoms with E-state index in [9.17, 15) is 9.59 Å². The van der Waals surface area contributed by atoms with E-state index in [2.05, 4.69) is 28.9 Å². The predicted molar refractivity (Wildman–Crippen MR) is 118 cm³/mol. The van der Waals surface area contributed by atoms with Crippen molar-refractivity contribution in [1.29, 1.82) is 0 Å². The Morgan fingerprint density at radius 3 is 2.55 bits per heavy atom. The Kier molecular flexibility index (Phi) is 5.58. The first kappa shape index (κ1) is 19.2. The summed E-state index contributed by atoms with van der Waals surface area (Å²) < 4.78 is 0. The van der Waals surface area contributed by atoms with Gasteiger partial charge in [0.2, 0.25) is 11.8 Å². The lowest BCUT2D eigenvalue weighted by atomic mass is 9.93. The van der Waals surface area contributed by atoms with Crippen LogP contribution in [-0.4, -0.2) is 23.3 Å². The molecule has 29 heavy (non-hydrogen) atoms. The Morgan fingerprint density at radius 1 is 1.07 bits per heavy atom. The van der Waals surface area contributed by atoms with Gasteiger partial charge in [-0.25, -0.2) is 0 Å². The van der Waals surface area contributed by atoms with Crippen molar-refractivity contribution in [3.63, 3.8) is 0 Å². The first-order chi connectivity index (χ1) is 14.1. The molecule has 5 heteroatoms. The molecule has 4 rings (SSSR count). The molecule has 1 unspecified atom stereocenters. The number of hydrogen-bond acceptors (Lipinski definition) is 3. The molecule has 0 fully saturated rings. The molecule has 0 aliphatic carbocycles. The largest absolute Gasteiger partial charge is 0.328 e. The van der Waals surface area contributed by atoms with Crippen LogP contribution in [0.25, 0.3) is 6.08 Å². The van der Waals surface area contributed by atoms with Crippen LogP contribution in [0, 0.1) is 0 Å². The molecule has 1 atom stereocenters. The fraction of sp³-hybridized carbons (Fsp3) is 0.167. The standard InChI is InChI=1S/C24H22N2O2S/c1-17(27)25-20-10-7-18(8-11-20)9-12-23(28)26-15-13-22-21(14-16-29-22)24(26)19-5-3-2-4-6-19/h2-12,14,16,24H,13,15H2,1H3,(H,25,27). The first-order valence-corrected chi connectivity index (χ1v) is 10.5. The predicted octanol–water partition coefficient (Wildman–Crippen LogP) is 4.89. The number of thiophene rings is 1. The highest BCUT2D eigenvalue weighted by molar-refractivity contribution is 7.10. The number of benzene rings is 2. The number of anilines is 1. The molecule has 1 aliphatic heterocycles. The monoisotopic (exact) mass is 402 g/mol. The number of carbonyl (C=O) groups is 2. The summed E-state index contributed by atoms with van der Waals surface area (Å²) >= 11 is 1.77. The van der Waals surface area contributed by atoms with Crippen molar-refractivity contribution in [2.24, 2.45) is 0 Å². The van der Waals surface area contributed by atoms with Crippen LogP contribution in [0.2, 0.25) is 0 Å². The van der Waals surface area contributed by atoms with Crippen LogP contribution in [-0.2, 0) is 16.0 Å². The molecule has 0 saturated heterocycles. The molecule has 146 valence electrons. The van der Waals surface area contributed by atoms with Gasteiger partial charge in [-0.1, -0.05) is 42.5 Å². The van der Waals surface area contributed by atoms with Crippen molar-refractivity contribution in [2.45, 2.75) is 19.4 Å². The molecule has 0 radical (unpaired) electrons. The minimum absolute atomic E-state index is 0.00152. The Bertz CT molecular complexity index is 1040. The number of nitrogens with one attached hydrogen (secondary N) is 1. The fourth-order valence-electron chi connectivity index (χ4n) is 3.69. The van der Waals surface area contributed by atoms with Gasteiger partial charge in [-0.2, -0.15) is 0 Å². The van der Waals surface area contributed by atoms with Gasteiger partial charge >= 0.3 is 0 Å². The highest BCUT2D eigenvalue weighted by Crippen LogP contribution is 2.37. The number of amides is 2. The van der Waals surface area contributed by atoms with Gasteiger partial charge in [-0.05, 0) is 52.8 Å². The van der Waals surface area contributed by atoms with E-state index in [4.69, 9.17) is 0 Å². The van der Waals surface area contributed by atoms with E-state index in [-0.39, 0.29) is 17.9 Å². The highest BCUT2D eigenvalue weighted by atomic mass is 32.1. The van der Waals surface area contributed by atoms with Crippen molar-refractivity contribution in [3.05, 3.63) is 93.7 Å². The maximum atomic E-state index is 13.1. The zero-order valence-electron chi connectivity index (χ0n) is 16.2. The summed E-state index contributed by atoms with van der Waals surface area (Å²) in [5, 5.41) is 4.85. The number of hydrogen-bond donors (Lipinski definition) is 1. The normalized spacial score (nSPS) is 15.9. The van der Waals surface area contributed by atoms with E-state index in [1.165, 1.54) is 17.4 Å². The molecule has 2 heterocycles. The third-order valence-corrected chi connectivity index (χ3v) is 6.01. The summed E-state index contributed by atoms with van der Waals surface area (Å²) in [6.07, 6.45) is 4.35. The minimum atomic E-state index is -0.103. The second kappa shape index (κ2) is 8.45. The van der Waals surface area contributed by atoms with E-state index < -0.39 is 0 Å². The smallest absolute Gasteiger partial charge is 0.247 e. The second-order valence-electron chi connectivity index (χ2n) is 7.03. The molecule has 3 aromatic rings. The molecular weight excluding hydrogens is 380 g/mol. The van der Waals surface area contributed by atoms with Crippen molar-refractivity contribution in [3.8, 4) is 0 Å². The number of carbonyl (C=O) groups excluding carboxylic acids is 2. The van der Waals surface area contributed by atoms with Crippen molar-refractivity contribution in [2.75, 3.05) is 11.9 Å². The first-order valence-electron chi connectivity index (χ1n) is 9.59. The zero-order chi connectivity index (χ0) is 20.2. The molecule has 4 nitrogen and oxygen atoms in total. The van der Waals surface area contributed by atoms with Gasteiger partial charge in [-0.15, -0.1) is 11.3 Å². The molecular formula is C24H22N2O2S. The van der Waals surface area contributed by atoms with E-state index in [0.717, 1.165) is 23.2 Å². The lowest BCUT2D eigenvalue weighted by molar-refractivity contribution is -0.128. The topological polar surface area (TPSA) is 49.4 Å². The maximum absolute atomic E-state index is 13.1. The Labute approximate surface area is 174 Å². The average molecular weight is 403 g/mol. The minimum Gasteiger partial charge on any atom is -0.328 e. The molecule has 1 aliphatic rings. The Balaban J connectivity index is 1.55. The third kappa shape index (κ3) is 4.30. The number of rotatable bonds is 4. The van der Waals surface area contributed by atoms with Gasteiger partial charge in [0.1, 0.15) is 0 Å². The SMILES string of the molecule is CC(=O)Nc1ccc(C=CC(=O)N2CCc3sccc3C2c2ccccc2)cc1. The molecule has 1 aromatic heterocycles. The summed E-state index contributed by atoms with van der Waals surface area (Å²) in [6.45, 7) is 2.19. The molecule has 0 saturated carbocycles. The zero-order valence-corrected chi connectivity index (χ0v) is 17.0. The lowest BCUT2D eigenvalue weighted by Crippen LogP contribution is -2.39. The van der Waals surface area contributed by atoms with Crippen LogP contribution < -0.4 is 5.32 Å². The van der Waals surface area contributed by atoms with Crippen LogP contribution in [0.5, 0.6) is 0 Å². The summed E-state index contributed by atoms with van der Waals surface area (Å²) in [4.78, 5) is 27.5. The summed E-state index contributed by atoms with van der Waals surface area (Å²) in [6, 6.07) is 19.7. The number of fused-ring (bicyclic) bond motifs is 1. The van der Waals surface area contributed by atoms with Crippen LogP contribution in [0.15, 0.2) is 72.1 Å². The van der Waals surface area contributed by atoms with Gasteiger partial charge in [-0.3, -0.25) is 9.59 Å². The maximum Gasteiger partial charge on any atom is 0.247 e. The van der Waals surface area contributed by atoms with Gasteiger partial charge in [0, 0.05) is 30.1 Å². The van der Waals surface area contributed by atoms with Crippen molar-refractivity contribution in [1.82, 2.24) is 4.90 Å². The fourth-order valence-corrected chi connectivity index (χ4v) is 4.60. The number of nitrogens with zero attached hydrogens (tertiary/aromatic N) is 1. The van der Waals surface area contributed by atoms with Crippen LogP contribution in [0.4, 0.5) is 5.69 Å². The molecule has 1 N–H and O–H groups in total. The molecule has 2 aromatic carbocycles. The Morgan fingerprint density at radius 2 is 1.83 bits per heavy atom. The van der Waals surface area contributed by atoms with Gasteiger partial charge < -0.3 is 10.2 Å². The van der Waals surface area contributed by atoms with E-state index in [1.54, 1.807) is 17.4 Å². The van der Waals surface area contributed by atoms with Crippen LogP contribution in [0.1, 0.15) is 34.5 Å². The van der Waals surface area contributed by atoms with Crippen LogP contribution in [0.3, 0.4) is 0 Å². The lowest BCUT2D eigenvalue weighted by Gasteiger charge is -2.35. The van der Waals surface area contributed by atoms with Crippen LogP contribution >= 0.6 is 11.3 Å². The average Bonchev–Trinajstić information content (AvgIpc) is 3.21. The van der Waals surface area contributed by atoms with Gasteiger partial charge in [0.25, 0.3) is 0 Å². The summed E-state index contributed by atoms with van der Waals surface area (Å²) in [5.41, 5.74) is 4.02. The highest BCUT2D eigenvalue weighted by Gasteiger charge is 2.31. The molecule has 0 bridgehead atoms. The van der Waals surface area contributed by atoms with Gasteiger partial charge in [0.15, 0.2) is 0 Å². The quantitative estimate of drug-likeness (QED) is 0.632. The van der Waals surface area contributed by atoms with Crippen molar-refractivity contribution < 1.29 is 9.59 Å². The second-order valence-corrected chi connectivity index (χ2v) is 8.03. The van der Waals surface area contributed by atoms with E-state index >= 15 is 0 Å². The summed E-state index contributed by atoms with van der Waals surface area (Å²) in [5.74, 6) is -0.102. The Hall–Kier alpha value is -3.18.